The van der Waals surface area contributed by atoms with Crippen molar-refractivity contribution in [1.82, 2.24) is 10.6 Å². The minimum atomic E-state index is -0.512. The summed E-state index contributed by atoms with van der Waals surface area (Å²) in [5, 5.41) is 4.12. The van der Waals surface area contributed by atoms with Crippen LogP contribution in [0.1, 0.15) is 6.92 Å². The molecular weight excluding hydrogens is 108 g/mol. The number of carbonyl (C=O) groups excluding carboxylic acids is 2. The summed E-state index contributed by atoms with van der Waals surface area (Å²) in [5.74, 6) is 0. The zero-order valence-electron chi connectivity index (χ0n) is 4.52. The summed E-state index contributed by atoms with van der Waals surface area (Å²) in [6.45, 7) is 2.26. The third-order valence-corrected chi connectivity index (χ3v) is 0.502. The van der Waals surface area contributed by atoms with Gasteiger partial charge in [0.25, 0.3) is 0 Å². The average molecular weight is 115 g/mol. The van der Waals surface area contributed by atoms with Crippen LogP contribution in [0, 0.1) is 0 Å². The quantitative estimate of drug-likeness (QED) is 0.471. The Morgan fingerprint density at radius 2 is 2.38 bits per heavy atom. The van der Waals surface area contributed by atoms with Gasteiger partial charge in [-0.15, -0.1) is 0 Å². The van der Waals surface area contributed by atoms with Crippen molar-refractivity contribution in [3.05, 3.63) is 0 Å². The van der Waals surface area contributed by atoms with E-state index in [2.05, 4.69) is 5.32 Å². The van der Waals surface area contributed by atoms with E-state index in [4.69, 9.17) is 0 Å². The number of amides is 3. The Hall–Kier alpha value is -1.06. The average Bonchev–Trinajstić information content (AvgIpc) is 1.68. The zero-order chi connectivity index (χ0) is 6.41. The van der Waals surface area contributed by atoms with E-state index >= 15 is 0 Å². The van der Waals surface area contributed by atoms with Crippen LogP contribution < -0.4 is 10.6 Å². The maximum absolute atomic E-state index is 10.2. The van der Waals surface area contributed by atoms with Gasteiger partial charge in [-0.1, -0.05) is 0 Å². The van der Waals surface area contributed by atoms with Crippen molar-refractivity contribution in [2.45, 2.75) is 6.92 Å². The molecular formula is C4H7N2O2. The number of imide groups is 1. The molecule has 45 valence electrons. The maximum atomic E-state index is 10.2. The normalized spacial score (nSPS) is 7.62. The van der Waals surface area contributed by atoms with E-state index in [1.54, 1.807) is 12.2 Å². The first-order valence-electron chi connectivity index (χ1n) is 2.22. The van der Waals surface area contributed by atoms with E-state index in [-0.39, 0.29) is 0 Å². The summed E-state index contributed by atoms with van der Waals surface area (Å²) in [5.41, 5.74) is 0. The summed E-state index contributed by atoms with van der Waals surface area (Å²) < 4.78 is 0. The number of carbonyl (C=O) groups is 1. The lowest BCUT2D eigenvalue weighted by molar-refractivity contribution is 0.245. The van der Waals surface area contributed by atoms with Crippen LogP contribution in [-0.2, 0) is 4.79 Å². The molecule has 4 heteroatoms. The summed E-state index contributed by atoms with van der Waals surface area (Å²) in [6.07, 6.45) is 1.24. The lowest BCUT2D eigenvalue weighted by atomic mass is 10.7. The van der Waals surface area contributed by atoms with Crippen LogP contribution >= 0.6 is 0 Å². The Bertz CT molecular complexity index is 92.0. The minimum Gasteiger partial charge on any atom is -0.338 e. The third kappa shape index (κ3) is 3.14. The van der Waals surface area contributed by atoms with Crippen molar-refractivity contribution in [2.75, 3.05) is 6.54 Å². The Kier molecular flexibility index (Phi) is 3.56. The van der Waals surface area contributed by atoms with Crippen LogP contribution in [0.5, 0.6) is 0 Å². The molecule has 0 saturated heterocycles. The molecule has 8 heavy (non-hydrogen) atoms. The highest BCUT2D eigenvalue weighted by Gasteiger charge is 1.91. The molecule has 0 atom stereocenters. The molecule has 3 amide bonds. The standard InChI is InChI=1S/C4H7N2O2/c1-2-5-4(8)6-3-7/h2H2,1H3,(H2,5,6,7,8). The topological polar surface area (TPSA) is 58.2 Å². The molecule has 0 aromatic rings. The van der Waals surface area contributed by atoms with Crippen LogP contribution in [0.4, 0.5) is 4.79 Å². The molecule has 4 nitrogen and oxygen atoms in total. The molecule has 0 fully saturated rings. The van der Waals surface area contributed by atoms with Gasteiger partial charge < -0.3 is 5.32 Å². The van der Waals surface area contributed by atoms with Gasteiger partial charge in [0.05, 0.1) is 0 Å². The molecule has 0 aromatic heterocycles. The number of urea groups is 1. The molecule has 0 unspecified atom stereocenters. The maximum Gasteiger partial charge on any atom is 0.321 e. The first-order chi connectivity index (χ1) is 3.81. The van der Waals surface area contributed by atoms with Gasteiger partial charge in [-0.25, -0.2) is 4.79 Å². The predicted molar refractivity (Wildman–Crippen MR) is 27.9 cm³/mol. The van der Waals surface area contributed by atoms with Gasteiger partial charge in [0.1, 0.15) is 0 Å². The van der Waals surface area contributed by atoms with Gasteiger partial charge in [0, 0.05) is 6.54 Å². The molecule has 2 N–H and O–H groups in total. The third-order valence-electron chi connectivity index (χ3n) is 0.502. The van der Waals surface area contributed by atoms with Crippen molar-refractivity contribution >= 4 is 12.4 Å². The number of rotatable bonds is 2. The van der Waals surface area contributed by atoms with Crippen LogP contribution in [0.25, 0.3) is 0 Å². The fourth-order valence-electron chi connectivity index (χ4n) is 0.251. The first-order valence-corrected chi connectivity index (χ1v) is 2.22. The van der Waals surface area contributed by atoms with Gasteiger partial charge in [-0.2, -0.15) is 0 Å². The van der Waals surface area contributed by atoms with Gasteiger partial charge in [-0.3, -0.25) is 10.1 Å². The van der Waals surface area contributed by atoms with Gasteiger partial charge >= 0.3 is 12.4 Å². The second-order valence-corrected chi connectivity index (χ2v) is 1.09. The second-order valence-electron chi connectivity index (χ2n) is 1.09. The van der Waals surface area contributed by atoms with E-state index in [0.717, 1.165) is 0 Å². The van der Waals surface area contributed by atoms with Gasteiger partial charge in [-0.05, 0) is 6.92 Å². The Labute approximate surface area is 47.3 Å². The minimum absolute atomic E-state index is 0.507. The molecule has 0 saturated carbocycles. The molecule has 0 aliphatic carbocycles. The number of hydrogen-bond acceptors (Lipinski definition) is 2. The highest BCUT2D eigenvalue weighted by molar-refractivity contribution is 5.84. The monoisotopic (exact) mass is 115 g/mol. The van der Waals surface area contributed by atoms with Crippen LogP contribution in [-0.4, -0.2) is 19.0 Å². The number of nitrogens with one attached hydrogen (secondary N) is 2. The van der Waals surface area contributed by atoms with Crippen molar-refractivity contribution < 1.29 is 9.59 Å². The number of hydrogen-bond donors (Lipinski definition) is 2. The molecule has 0 aromatic carbocycles. The summed E-state index contributed by atoms with van der Waals surface area (Å²) in [6, 6.07) is -0.512. The Morgan fingerprint density at radius 3 is 2.75 bits per heavy atom. The fraction of sp³-hybridized carbons (Fsp3) is 0.500. The molecule has 0 aliphatic rings. The van der Waals surface area contributed by atoms with Crippen molar-refractivity contribution in [3.63, 3.8) is 0 Å². The molecule has 0 aliphatic heterocycles. The van der Waals surface area contributed by atoms with Crippen molar-refractivity contribution in [1.29, 1.82) is 0 Å². The highest BCUT2D eigenvalue weighted by Crippen LogP contribution is 1.56. The molecule has 0 bridgehead atoms. The Morgan fingerprint density at radius 1 is 1.75 bits per heavy atom. The predicted octanol–water partition coefficient (Wildman–Crippen LogP) is -0.627. The molecule has 0 heterocycles. The van der Waals surface area contributed by atoms with Gasteiger partial charge in [0.2, 0.25) is 0 Å². The van der Waals surface area contributed by atoms with E-state index in [0.29, 0.717) is 6.54 Å². The molecule has 0 spiro atoms. The van der Waals surface area contributed by atoms with E-state index < -0.39 is 6.03 Å². The SMILES string of the molecule is CCNC(=O)N[C]=O. The fourth-order valence-corrected chi connectivity index (χ4v) is 0.251. The lowest BCUT2D eigenvalue weighted by Crippen LogP contribution is -2.33. The van der Waals surface area contributed by atoms with E-state index in [1.165, 1.54) is 6.41 Å². The Balaban J connectivity index is 3.18. The molecule has 0 rings (SSSR count). The van der Waals surface area contributed by atoms with Crippen molar-refractivity contribution in [2.24, 2.45) is 0 Å². The van der Waals surface area contributed by atoms with Crippen LogP contribution in [0.3, 0.4) is 0 Å². The summed E-state index contributed by atoms with van der Waals surface area (Å²) in [7, 11) is 0. The lowest BCUT2D eigenvalue weighted by Gasteiger charge is -1.94. The van der Waals surface area contributed by atoms with Crippen LogP contribution in [0.15, 0.2) is 0 Å². The van der Waals surface area contributed by atoms with Crippen molar-refractivity contribution in [3.8, 4) is 0 Å². The van der Waals surface area contributed by atoms with E-state index in [1.807, 2.05) is 0 Å². The van der Waals surface area contributed by atoms with Crippen LogP contribution in [0.2, 0.25) is 0 Å². The first kappa shape index (κ1) is 6.94. The van der Waals surface area contributed by atoms with Gasteiger partial charge in [0.15, 0.2) is 0 Å². The zero-order valence-corrected chi connectivity index (χ0v) is 4.52. The molecule has 1 radical (unpaired) electrons. The summed E-state index contributed by atoms with van der Waals surface area (Å²) in [4.78, 5) is 19.6. The van der Waals surface area contributed by atoms with E-state index in [9.17, 15) is 9.59 Å². The smallest absolute Gasteiger partial charge is 0.321 e. The second kappa shape index (κ2) is 4.11. The largest absolute Gasteiger partial charge is 0.338 e. The highest BCUT2D eigenvalue weighted by atomic mass is 16.2. The summed E-state index contributed by atoms with van der Waals surface area (Å²) >= 11 is 0.